The highest BCUT2D eigenvalue weighted by Crippen LogP contribution is 2.30. The smallest absolute Gasteiger partial charge is 0.332 e. The van der Waals surface area contributed by atoms with Crippen LogP contribution in [0, 0.1) is 0 Å². The number of hydroxylamine groups is 2. The molecule has 0 aliphatic carbocycles. The van der Waals surface area contributed by atoms with Crippen LogP contribution in [0.1, 0.15) is 51.4 Å². The van der Waals surface area contributed by atoms with E-state index >= 15 is 0 Å². The maximum Gasteiger partial charge on any atom is 0.332 e. The highest BCUT2D eigenvalue weighted by Gasteiger charge is 2.49. The van der Waals surface area contributed by atoms with Crippen LogP contribution in [0.2, 0.25) is 0 Å². The van der Waals surface area contributed by atoms with Gasteiger partial charge >= 0.3 is 5.97 Å². The van der Waals surface area contributed by atoms with Crippen LogP contribution in [0.4, 0.5) is 0 Å². The Balaban J connectivity index is 1.40. The molecule has 3 heterocycles. The lowest BCUT2D eigenvalue weighted by Crippen LogP contribution is -2.62. The largest absolute Gasteiger partial charge is 0.394 e. The molecule has 336 valence electrons. The first-order chi connectivity index (χ1) is 27.7. The molecule has 3 fully saturated rings. The van der Waals surface area contributed by atoms with Gasteiger partial charge in [0.05, 0.1) is 38.6 Å². The second-order valence-corrected chi connectivity index (χ2v) is 14.8. The molecule has 11 N–H and O–H groups in total. The van der Waals surface area contributed by atoms with E-state index in [1.54, 1.807) is 0 Å². The van der Waals surface area contributed by atoms with Crippen molar-refractivity contribution in [2.75, 3.05) is 52.3 Å². The molecular formula is C34H59N3O20S. The van der Waals surface area contributed by atoms with Crippen molar-refractivity contribution >= 4 is 36.0 Å². The van der Waals surface area contributed by atoms with E-state index in [-0.39, 0.29) is 57.8 Å². The number of ether oxygens (including phenoxy) is 6. The molecule has 0 aromatic rings. The average Bonchev–Trinajstić information content (AvgIpc) is 3.21. The summed E-state index contributed by atoms with van der Waals surface area (Å²) in [5.74, 6) is -0.850. The van der Waals surface area contributed by atoms with E-state index in [4.69, 9.17) is 33.3 Å². The molecule has 0 spiro atoms. The second kappa shape index (κ2) is 26.2. The van der Waals surface area contributed by atoms with Gasteiger partial charge in [0.2, 0.25) is 5.91 Å². The molecule has 24 heteroatoms. The minimum Gasteiger partial charge on any atom is -0.394 e. The SMILES string of the molecule is CN(OC(=O)CCCCCNSCCC(=O)NCCOC1OC(CO[C@H]2OC(CO)[C@@H](O)C(O)C2O)CC(O[C@H]2OC(CO)[C@@H](O)C(O)C2O)C1O)C(=O)CCC=O. The van der Waals surface area contributed by atoms with Crippen molar-refractivity contribution in [2.45, 2.75) is 137 Å². The highest BCUT2D eigenvalue weighted by molar-refractivity contribution is 7.97. The van der Waals surface area contributed by atoms with E-state index in [1.165, 1.54) is 19.0 Å². The van der Waals surface area contributed by atoms with Gasteiger partial charge in [-0.25, -0.2) is 4.79 Å². The molecule has 3 rings (SSSR count). The number of aldehydes is 1. The Morgan fingerprint density at radius 3 is 2.05 bits per heavy atom. The number of nitrogens with one attached hydrogen (secondary N) is 2. The Bertz CT molecular complexity index is 1240. The second-order valence-electron chi connectivity index (χ2n) is 13.8. The van der Waals surface area contributed by atoms with Gasteiger partial charge in [-0.1, -0.05) is 18.4 Å². The van der Waals surface area contributed by atoms with Gasteiger partial charge in [0.15, 0.2) is 18.9 Å². The Morgan fingerprint density at radius 1 is 0.759 bits per heavy atom. The molecule has 2 amide bonds. The Kier molecular flexibility index (Phi) is 22.7. The Hall–Kier alpha value is -2.21. The molecule has 0 radical (unpaired) electrons. The van der Waals surface area contributed by atoms with Crippen molar-refractivity contribution in [3.63, 3.8) is 0 Å². The summed E-state index contributed by atoms with van der Waals surface area (Å²) >= 11 is 1.34. The Labute approximate surface area is 338 Å². The third-order valence-electron chi connectivity index (χ3n) is 9.40. The van der Waals surface area contributed by atoms with Gasteiger partial charge in [0, 0.05) is 58.0 Å². The van der Waals surface area contributed by atoms with E-state index in [2.05, 4.69) is 10.0 Å². The van der Waals surface area contributed by atoms with E-state index in [0.29, 0.717) is 25.0 Å². The molecule has 10 unspecified atom stereocenters. The summed E-state index contributed by atoms with van der Waals surface area (Å²) in [6.45, 7) is -1.28. The van der Waals surface area contributed by atoms with Gasteiger partial charge in [-0.05, 0) is 12.8 Å². The number of carbonyl (C=O) groups is 4. The van der Waals surface area contributed by atoms with Crippen LogP contribution in [-0.4, -0.2) is 213 Å². The van der Waals surface area contributed by atoms with Crippen molar-refractivity contribution in [2.24, 2.45) is 0 Å². The summed E-state index contributed by atoms with van der Waals surface area (Å²) in [5, 5.41) is 95.1. The number of rotatable bonds is 24. The molecule has 3 aliphatic rings. The first-order valence-corrected chi connectivity index (χ1v) is 20.1. The molecule has 3 saturated heterocycles. The van der Waals surface area contributed by atoms with Gasteiger partial charge in [0.1, 0.15) is 61.2 Å². The summed E-state index contributed by atoms with van der Waals surface area (Å²) < 4.78 is 36.9. The van der Waals surface area contributed by atoms with Crippen LogP contribution in [-0.2, 0) is 52.4 Å². The van der Waals surface area contributed by atoms with Gasteiger partial charge in [-0.2, -0.15) is 5.06 Å². The predicted molar refractivity (Wildman–Crippen MR) is 194 cm³/mol. The quantitative estimate of drug-likeness (QED) is 0.0187. The summed E-state index contributed by atoms with van der Waals surface area (Å²) in [7, 11) is 1.32. The predicted octanol–water partition coefficient (Wildman–Crippen LogP) is -5.32. The third-order valence-corrected chi connectivity index (χ3v) is 10.2. The summed E-state index contributed by atoms with van der Waals surface area (Å²) in [6, 6.07) is 0. The molecular weight excluding hydrogens is 802 g/mol. The molecule has 3 aliphatic heterocycles. The van der Waals surface area contributed by atoms with Crippen LogP contribution in [0.3, 0.4) is 0 Å². The van der Waals surface area contributed by atoms with E-state index in [1.807, 2.05) is 0 Å². The number of nitrogens with zero attached hydrogens (tertiary/aromatic N) is 1. The van der Waals surface area contributed by atoms with Crippen molar-refractivity contribution in [1.82, 2.24) is 15.1 Å². The fourth-order valence-corrected chi connectivity index (χ4v) is 6.74. The normalized spacial score (nSPS) is 34.0. The topological polar surface area (TPSA) is 342 Å². The van der Waals surface area contributed by atoms with E-state index in [9.17, 15) is 65.1 Å². The zero-order valence-corrected chi connectivity index (χ0v) is 33.0. The minimum absolute atomic E-state index is 0.0128. The first kappa shape index (κ1) is 50.1. The summed E-state index contributed by atoms with van der Waals surface area (Å²) in [6.07, 6.45) is -18.2. The van der Waals surface area contributed by atoms with Crippen molar-refractivity contribution < 1.29 is 98.4 Å². The zero-order valence-electron chi connectivity index (χ0n) is 32.1. The molecule has 0 aromatic heterocycles. The average molecular weight is 862 g/mol. The minimum atomic E-state index is -1.78. The molecule has 14 atom stereocenters. The number of aliphatic hydroxyl groups excluding tert-OH is 9. The third kappa shape index (κ3) is 15.7. The van der Waals surface area contributed by atoms with Crippen LogP contribution >= 0.6 is 11.9 Å². The number of aliphatic hydroxyl groups is 9. The fraction of sp³-hybridized carbons (Fsp3) is 0.882. The molecule has 23 nitrogen and oxygen atoms in total. The lowest BCUT2D eigenvalue weighted by Gasteiger charge is -2.44. The number of amides is 2. The van der Waals surface area contributed by atoms with Gasteiger partial charge < -0.3 is 89.3 Å². The highest BCUT2D eigenvalue weighted by atomic mass is 32.2. The van der Waals surface area contributed by atoms with Gasteiger partial charge in [-0.3, -0.25) is 14.3 Å². The maximum absolute atomic E-state index is 12.4. The lowest BCUT2D eigenvalue weighted by atomic mass is 9.98. The monoisotopic (exact) mass is 861 g/mol. The fourth-order valence-electron chi connectivity index (χ4n) is 6.01. The van der Waals surface area contributed by atoms with Crippen molar-refractivity contribution in [3.8, 4) is 0 Å². The zero-order chi connectivity index (χ0) is 42.8. The number of carbonyl (C=O) groups excluding carboxylic acids is 4. The molecule has 0 bridgehead atoms. The van der Waals surface area contributed by atoms with Crippen LogP contribution in [0.5, 0.6) is 0 Å². The maximum atomic E-state index is 12.4. The lowest BCUT2D eigenvalue weighted by molar-refractivity contribution is -0.348. The van der Waals surface area contributed by atoms with Crippen LogP contribution in [0.25, 0.3) is 0 Å². The van der Waals surface area contributed by atoms with Crippen molar-refractivity contribution in [3.05, 3.63) is 0 Å². The summed E-state index contributed by atoms with van der Waals surface area (Å²) in [4.78, 5) is 51.3. The first-order valence-electron chi connectivity index (χ1n) is 19.1. The van der Waals surface area contributed by atoms with Crippen LogP contribution in [0.15, 0.2) is 0 Å². The molecule has 58 heavy (non-hydrogen) atoms. The molecule has 0 aromatic carbocycles. The number of hydrogen-bond acceptors (Lipinski definition) is 22. The number of hydrogen-bond donors (Lipinski definition) is 11. The number of unbranched alkanes of at least 4 members (excludes halogenated alkanes) is 2. The van der Waals surface area contributed by atoms with E-state index in [0.717, 1.165) is 17.9 Å². The van der Waals surface area contributed by atoms with Gasteiger partial charge in [-0.15, -0.1) is 0 Å². The Morgan fingerprint density at radius 2 is 1.40 bits per heavy atom. The van der Waals surface area contributed by atoms with E-state index < -0.39 is 111 Å². The van der Waals surface area contributed by atoms with Crippen LogP contribution < -0.4 is 10.0 Å². The summed E-state index contributed by atoms with van der Waals surface area (Å²) in [5.41, 5.74) is 0. The standard InChI is InChI=1S/C34H59N3O20S/c1-37(23(42)6-5-11-38)57-24(43)7-3-2-4-9-36-58-13-8-22(41)35-10-12-51-32-27(46)19(54-34-31(50)29(48)26(45)21(16-40)56-34)14-18(53-32)17-52-33-30(49)28(47)25(44)20(15-39)55-33/h11,18-21,25-34,36,39-40,44-50H,2-10,12-17H2,1H3,(H,35,41)/t18?,19?,20?,21?,25-,26-,27?,28?,29?,30?,31?,32?,33+,34+/m1/s1. The van der Waals surface area contributed by atoms with Crippen molar-refractivity contribution in [1.29, 1.82) is 0 Å². The molecule has 0 saturated carbocycles. The van der Waals surface area contributed by atoms with Gasteiger partial charge in [0.25, 0.3) is 5.91 Å².